The van der Waals surface area contributed by atoms with E-state index in [4.69, 9.17) is 0 Å². The fourth-order valence-corrected chi connectivity index (χ4v) is 5.18. The second kappa shape index (κ2) is 7.07. The van der Waals surface area contributed by atoms with Gasteiger partial charge < -0.3 is 14.7 Å². The Balaban J connectivity index is 1.60. The van der Waals surface area contributed by atoms with Crippen LogP contribution < -0.4 is 5.56 Å². The molecular formula is C19H27N5O3. The van der Waals surface area contributed by atoms with E-state index in [9.17, 15) is 14.4 Å². The molecule has 1 N–H and O–H groups in total. The van der Waals surface area contributed by atoms with Crippen molar-refractivity contribution in [3.8, 4) is 0 Å². The van der Waals surface area contributed by atoms with Crippen molar-refractivity contribution in [1.82, 2.24) is 24.9 Å². The highest BCUT2D eigenvalue weighted by Crippen LogP contribution is 2.41. The number of nitrogens with zero attached hydrogens (tertiary/aromatic N) is 4. The van der Waals surface area contributed by atoms with Crippen LogP contribution in [0.2, 0.25) is 0 Å². The van der Waals surface area contributed by atoms with Crippen LogP contribution in [0.1, 0.15) is 36.2 Å². The molecule has 0 aromatic carbocycles. The molecule has 0 unspecified atom stereocenters. The van der Waals surface area contributed by atoms with Gasteiger partial charge in [-0.1, -0.05) is 0 Å². The van der Waals surface area contributed by atoms with Crippen LogP contribution in [-0.4, -0.2) is 82.5 Å². The number of piperidine rings is 3. The van der Waals surface area contributed by atoms with Gasteiger partial charge in [0.2, 0.25) is 5.91 Å². The Morgan fingerprint density at radius 1 is 1.26 bits per heavy atom. The molecule has 3 fully saturated rings. The first-order valence-electron chi connectivity index (χ1n) is 9.75. The molecule has 2 amide bonds. The van der Waals surface area contributed by atoms with E-state index in [2.05, 4.69) is 20.0 Å². The maximum atomic E-state index is 12.9. The SMILES string of the molecule is CN(C)C[C@H]1[C@H]2C[C@H](CN(C(=O)c3ccc(=O)[nH]n3)C2)[C@@H]2CCCC(=O)N21. The molecule has 0 saturated carbocycles. The lowest BCUT2D eigenvalue weighted by molar-refractivity contribution is -0.152. The van der Waals surface area contributed by atoms with Gasteiger partial charge >= 0.3 is 0 Å². The predicted octanol–water partition coefficient (Wildman–Crippen LogP) is 0.173. The van der Waals surface area contributed by atoms with Crippen LogP contribution in [0.15, 0.2) is 16.9 Å². The highest BCUT2D eigenvalue weighted by atomic mass is 16.2. The first kappa shape index (κ1) is 18.2. The summed E-state index contributed by atoms with van der Waals surface area (Å²) in [6.45, 7) is 2.10. The maximum absolute atomic E-state index is 12.9. The number of hydrogen-bond donors (Lipinski definition) is 1. The molecule has 0 aliphatic carbocycles. The summed E-state index contributed by atoms with van der Waals surface area (Å²) in [4.78, 5) is 43.0. The van der Waals surface area contributed by atoms with E-state index < -0.39 is 0 Å². The Kier molecular flexibility index (Phi) is 4.75. The molecule has 4 rings (SSSR count). The quantitative estimate of drug-likeness (QED) is 0.816. The van der Waals surface area contributed by atoms with Gasteiger partial charge in [-0.05, 0) is 51.3 Å². The van der Waals surface area contributed by atoms with Gasteiger partial charge in [0.1, 0.15) is 5.69 Å². The van der Waals surface area contributed by atoms with Crippen LogP contribution >= 0.6 is 0 Å². The molecule has 3 saturated heterocycles. The first-order valence-corrected chi connectivity index (χ1v) is 9.75. The van der Waals surface area contributed by atoms with Gasteiger partial charge in [0.05, 0.1) is 0 Å². The fourth-order valence-electron chi connectivity index (χ4n) is 5.18. The number of likely N-dealkylation sites (N-methyl/N-ethyl adjacent to an activating group) is 1. The maximum Gasteiger partial charge on any atom is 0.274 e. The summed E-state index contributed by atoms with van der Waals surface area (Å²) in [6, 6.07) is 3.19. The van der Waals surface area contributed by atoms with Gasteiger partial charge in [-0.2, -0.15) is 5.10 Å². The van der Waals surface area contributed by atoms with E-state index in [1.54, 1.807) is 0 Å². The van der Waals surface area contributed by atoms with Gasteiger partial charge in [0.25, 0.3) is 11.5 Å². The lowest BCUT2D eigenvalue weighted by atomic mass is 9.72. The van der Waals surface area contributed by atoms with E-state index in [0.29, 0.717) is 25.4 Å². The number of H-pyrrole nitrogens is 1. The monoisotopic (exact) mass is 373 g/mol. The summed E-state index contributed by atoms with van der Waals surface area (Å²) in [7, 11) is 4.07. The summed E-state index contributed by atoms with van der Waals surface area (Å²) in [5.74, 6) is 0.726. The number of aromatic amines is 1. The number of rotatable bonds is 3. The largest absolute Gasteiger partial charge is 0.337 e. The molecule has 8 nitrogen and oxygen atoms in total. The molecular weight excluding hydrogens is 346 g/mol. The summed E-state index contributed by atoms with van der Waals surface area (Å²) < 4.78 is 0. The van der Waals surface area contributed by atoms with Crippen LogP contribution in [0.5, 0.6) is 0 Å². The fraction of sp³-hybridized carbons (Fsp3) is 0.684. The number of carbonyl (C=O) groups excluding carboxylic acids is 2. The molecule has 0 spiro atoms. The number of fused-ring (bicyclic) bond motifs is 4. The zero-order valence-corrected chi connectivity index (χ0v) is 15.9. The van der Waals surface area contributed by atoms with Crippen LogP contribution in [0, 0.1) is 11.8 Å². The summed E-state index contributed by atoms with van der Waals surface area (Å²) in [5.41, 5.74) is -0.0419. The summed E-state index contributed by atoms with van der Waals surface area (Å²) in [5, 5.41) is 6.25. The molecule has 0 radical (unpaired) electrons. The molecule has 1 aromatic rings. The third-order valence-corrected chi connectivity index (χ3v) is 6.23. The average molecular weight is 373 g/mol. The number of nitrogens with one attached hydrogen (secondary N) is 1. The second-order valence-corrected chi connectivity index (χ2v) is 8.36. The highest BCUT2D eigenvalue weighted by molar-refractivity contribution is 5.92. The minimum atomic E-state index is -0.315. The third kappa shape index (κ3) is 3.38. The number of hydrogen-bond acceptors (Lipinski definition) is 5. The Morgan fingerprint density at radius 2 is 2.04 bits per heavy atom. The Morgan fingerprint density at radius 3 is 2.74 bits per heavy atom. The summed E-state index contributed by atoms with van der Waals surface area (Å²) >= 11 is 0. The average Bonchev–Trinajstić information content (AvgIpc) is 2.65. The molecule has 8 heteroatoms. The van der Waals surface area contributed by atoms with Crippen molar-refractivity contribution in [3.05, 3.63) is 28.2 Å². The number of carbonyl (C=O) groups is 2. The van der Waals surface area contributed by atoms with Crippen LogP contribution in [0.25, 0.3) is 0 Å². The molecule has 4 atom stereocenters. The van der Waals surface area contributed by atoms with Gasteiger partial charge in [0.15, 0.2) is 0 Å². The Labute approximate surface area is 158 Å². The highest BCUT2D eigenvalue weighted by Gasteiger charge is 2.50. The number of likely N-dealkylation sites (tertiary alicyclic amines) is 1. The normalized spacial score (nSPS) is 30.4. The van der Waals surface area contributed by atoms with Crippen molar-refractivity contribution in [2.45, 2.75) is 37.8 Å². The molecule has 3 aliphatic rings. The first-order chi connectivity index (χ1) is 12.9. The van der Waals surface area contributed by atoms with Crippen molar-refractivity contribution in [1.29, 1.82) is 0 Å². The lowest BCUT2D eigenvalue weighted by Crippen LogP contribution is -2.67. The van der Waals surface area contributed by atoms with E-state index in [1.165, 1.54) is 12.1 Å². The van der Waals surface area contributed by atoms with Crippen LogP contribution in [0.3, 0.4) is 0 Å². The van der Waals surface area contributed by atoms with Crippen LogP contribution in [-0.2, 0) is 4.79 Å². The van der Waals surface area contributed by atoms with Crippen molar-refractivity contribution in [3.63, 3.8) is 0 Å². The smallest absolute Gasteiger partial charge is 0.274 e. The minimum Gasteiger partial charge on any atom is -0.337 e. The molecule has 146 valence electrons. The van der Waals surface area contributed by atoms with E-state index in [1.807, 2.05) is 19.0 Å². The van der Waals surface area contributed by atoms with Crippen molar-refractivity contribution in [2.75, 3.05) is 33.7 Å². The lowest BCUT2D eigenvalue weighted by Gasteiger charge is -2.57. The zero-order chi connectivity index (χ0) is 19.1. The van der Waals surface area contributed by atoms with E-state index in [0.717, 1.165) is 25.8 Å². The summed E-state index contributed by atoms with van der Waals surface area (Å²) in [6.07, 6.45) is 3.66. The number of amides is 2. The van der Waals surface area contributed by atoms with Gasteiger partial charge in [-0.25, -0.2) is 5.10 Å². The van der Waals surface area contributed by atoms with Gasteiger partial charge in [-0.3, -0.25) is 14.4 Å². The molecule has 1 aromatic heterocycles. The van der Waals surface area contributed by atoms with Gasteiger partial charge in [0, 0.05) is 44.2 Å². The van der Waals surface area contributed by atoms with Gasteiger partial charge in [-0.15, -0.1) is 0 Å². The Bertz CT molecular complexity index is 771. The number of aromatic nitrogens is 2. The van der Waals surface area contributed by atoms with Crippen molar-refractivity contribution < 1.29 is 9.59 Å². The van der Waals surface area contributed by atoms with Crippen molar-refractivity contribution >= 4 is 11.8 Å². The molecule has 4 heterocycles. The van der Waals surface area contributed by atoms with E-state index >= 15 is 0 Å². The second-order valence-electron chi connectivity index (χ2n) is 8.36. The molecule has 3 aliphatic heterocycles. The van der Waals surface area contributed by atoms with Crippen LogP contribution in [0.4, 0.5) is 0 Å². The third-order valence-electron chi connectivity index (χ3n) is 6.23. The predicted molar refractivity (Wildman–Crippen MR) is 99.2 cm³/mol. The minimum absolute atomic E-state index is 0.139. The standard InChI is InChI=1S/C19H27N5O3/c1-22(2)11-16-13-8-12(15-4-3-5-18(26)24(15)16)9-23(10-13)19(27)14-6-7-17(25)21-20-14/h6-7,12-13,15-16H,3-5,8-11H2,1-2H3,(H,21,25)/t12-,13+,15+,16+/m1/s1. The molecule has 2 bridgehead atoms. The zero-order valence-electron chi connectivity index (χ0n) is 15.9. The topological polar surface area (TPSA) is 89.6 Å². The van der Waals surface area contributed by atoms with E-state index in [-0.39, 0.29) is 41.1 Å². The Hall–Kier alpha value is -2.22. The molecule has 27 heavy (non-hydrogen) atoms. The van der Waals surface area contributed by atoms with Crippen molar-refractivity contribution in [2.24, 2.45) is 11.8 Å².